The Bertz CT molecular complexity index is 1120. The van der Waals surface area contributed by atoms with Crippen LogP contribution in [0.25, 0.3) is 22.4 Å². The second-order valence-corrected chi connectivity index (χ2v) is 8.32. The van der Waals surface area contributed by atoms with Gasteiger partial charge in [-0.1, -0.05) is 18.2 Å². The molecule has 0 unspecified atom stereocenters. The number of aryl methyl sites for hydroxylation is 1. The van der Waals surface area contributed by atoms with E-state index >= 15 is 0 Å². The zero-order valence-corrected chi connectivity index (χ0v) is 16.1. The van der Waals surface area contributed by atoms with Crippen molar-refractivity contribution >= 4 is 9.84 Å². The number of alkyl halides is 3. The normalized spacial score (nSPS) is 12.2. The average Bonchev–Trinajstić information content (AvgIpc) is 3.06. The van der Waals surface area contributed by atoms with Crippen molar-refractivity contribution in [3.05, 3.63) is 53.7 Å². The van der Waals surface area contributed by atoms with Crippen molar-refractivity contribution < 1.29 is 26.3 Å². The first-order valence-corrected chi connectivity index (χ1v) is 10.0. The number of ether oxygens (including phenoxy) is 1. The van der Waals surface area contributed by atoms with Crippen molar-refractivity contribution in [2.75, 3.05) is 13.4 Å². The minimum Gasteiger partial charge on any atom is -0.496 e. The fourth-order valence-corrected chi connectivity index (χ4v) is 3.56. The van der Waals surface area contributed by atoms with Gasteiger partial charge in [0.15, 0.2) is 9.84 Å². The van der Waals surface area contributed by atoms with Gasteiger partial charge in [-0.05, 0) is 42.3 Å². The third-order valence-corrected chi connectivity index (χ3v) is 5.42. The van der Waals surface area contributed by atoms with Crippen LogP contribution in [0.1, 0.15) is 11.3 Å². The van der Waals surface area contributed by atoms with Crippen molar-refractivity contribution in [2.24, 2.45) is 0 Å². The molecule has 0 saturated heterocycles. The largest absolute Gasteiger partial charge is 0.496 e. The van der Waals surface area contributed by atoms with Crippen LogP contribution >= 0.6 is 0 Å². The molecule has 3 rings (SSSR count). The number of benzene rings is 2. The van der Waals surface area contributed by atoms with E-state index in [4.69, 9.17) is 4.74 Å². The average molecular weight is 410 g/mol. The maximum absolute atomic E-state index is 13.6. The molecule has 0 amide bonds. The fourth-order valence-electron chi connectivity index (χ4n) is 2.93. The molecular weight excluding hydrogens is 393 g/mol. The number of nitrogens with zero attached hydrogens (tertiary/aromatic N) is 1. The molecule has 1 N–H and O–H groups in total. The third kappa shape index (κ3) is 3.75. The molecule has 9 heteroatoms. The van der Waals surface area contributed by atoms with Crippen molar-refractivity contribution in [3.8, 4) is 28.1 Å². The highest BCUT2D eigenvalue weighted by atomic mass is 32.2. The highest BCUT2D eigenvalue weighted by Gasteiger charge is 2.38. The quantitative estimate of drug-likeness (QED) is 0.688. The van der Waals surface area contributed by atoms with Crippen molar-refractivity contribution in [1.82, 2.24) is 10.2 Å². The van der Waals surface area contributed by atoms with Crippen molar-refractivity contribution in [1.29, 1.82) is 0 Å². The van der Waals surface area contributed by atoms with Crippen LogP contribution in [0, 0.1) is 6.92 Å². The van der Waals surface area contributed by atoms with E-state index < -0.39 is 21.7 Å². The highest BCUT2D eigenvalue weighted by molar-refractivity contribution is 7.90. The Morgan fingerprint density at radius 1 is 1.04 bits per heavy atom. The van der Waals surface area contributed by atoms with E-state index in [-0.39, 0.29) is 16.2 Å². The summed E-state index contributed by atoms with van der Waals surface area (Å²) in [5, 5.41) is 5.95. The first-order chi connectivity index (χ1) is 13.0. The number of halogens is 3. The number of aromatic nitrogens is 2. The molecule has 3 aromatic rings. The van der Waals surface area contributed by atoms with Gasteiger partial charge < -0.3 is 4.74 Å². The van der Waals surface area contributed by atoms with Crippen LogP contribution in [-0.4, -0.2) is 32.0 Å². The summed E-state index contributed by atoms with van der Waals surface area (Å²) in [6, 6.07) is 10.3. The monoisotopic (exact) mass is 410 g/mol. The standard InChI is InChI=1S/C19H17F3N2O3S/c1-11-10-13(6-9-15(11)27-2)16-17(23-24-18(16)19(20,21)22)12-4-7-14(8-5-12)28(3,25)26/h4-10H,1-3H3,(H,23,24). The van der Waals surface area contributed by atoms with Gasteiger partial charge in [-0.3, -0.25) is 5.10 Å². The van der Waals surface area contributed by atoms with Crippen molar-refractivity contribution in [2.45, 2.75) is 18.0 Å². The molecule has 2 aromatic carbocycles. The molecule has 0 fully saturated rings. The summed E-state index contributed by atoms with van der Waals surface area (Å²) in [4.78, 5) is 0.0738. The molecule has 5 nitrogen and oxygen atoms in total. The van der Waals surface area contributed by atoms with Gasteiger partial charge in [-0.15, -0.1) is 0 Å². The summed E-state index contributed by atoms with van der Waals surface area (Å²) in [5.41, 5.74) is 0.360. The predicted octanol–water partition coefficient (Wildman–Crippen LogP) is 4.48. The Labute approximate surface area is 160 Å². The van der Waals surface area contributed by atoms with Gasteiger partial charge in [-0.2, -0.15) is 18.3 Å². The first-order valence-electron chi connectivity index (χ1n) is 8.13. The van der Waals surface area contributed by atoms with Gasteiger partial charge in [0.2, 0.25) is 0 Å². The summed E-state index contributed by atoms with van der Waals surface area (Å²) in [7, 11) is -1.94. The third-order valence-electron chi connectivity index (χ3n) is 4.29. The number of nitrogens with one attached hydrogen (secondary N) is 1. The molecular formula is C19H17F3N2O3S. The van der Waals surface area contributed by atoms with E-state index in [0.29, 0.717) is 22.4 Å². The molecule has 0 aliphatic carbocycles. The topological polar surface area (TPSA) is 72.1 Å². The second kappa shape index (κ2) is 6.97. The number of rotatable bonds is 4. The lowest BCUT2D eigenvalue weighted by atomic mass is 9.97. The number of hydrogen-bond acceptors (Lipinski definition) is 4. The first kappa shape index (κ1) is 19.9. The molecule has 0 saturated carbocycles. The molecule has 0 aliphatic rings. The number of aromatic amines is 1. The summed E-state index contributed by atoms with van der Waals surface area (Å²) >= 11 is 0. The minimum absolute atomic E-state index is 0.0738. The molecule has 1 aromatic heterocycles. The van der Waals surface area contributed by atoms with E-state index in [0.717, 1.165) is 6.26 Å². The van der Waals surface area contributed by atoms with Gasteiger partial charge in [-0.25, -0.2) is 8.42 Å². The summed E-state index contributed by atoms with van der Waals surface area (Å²) in [6.07, 6.45) is -3.58. The van der Waals surface area contributed by atoms with E-state index in [1.54, 1.807) is 19.1 Å². The van der Waals surface area contributed by atoms with E-state index in [9.17, 15) is 21.6 Å². The van der Waals surface area contributed by atoms with Crippen LogP contribution in [0.4, 0.5) is 13.2 Å². The minimum atomic E-state index is -4.64. The van der Waals surface area contributed by atoms with Gasteiger partial charge >= 0.3 is 6.18 Å². The zero-order valence-electron chi connectivity index (χ0n) is 15.3. The fraction of sp³-hybridized carbons (Fsp3) is 0.211. The smallest absolute Gasteiger partial charge is 0.433 e. The van der Waals surface area contributed by atoms with E-state index in [1.807, 2.05) is 0 Å². The van der Waals surface area contributed by atoms with Gasteiger partial charge in [0.1, 0.15) is 17.1 Å². The summed E-state index contributed by atoms with van der Waals surface area (Å²) in [5.74, 6) is 0.555. The molecule has 0 spiro atoms. The summed E-state index contributed by atoms with van der Waals surface area (Å²) < 4.78 is 69.1. The van der Waals surface area contributed by atoms with Crippen LogP contribution in [0.15, 0.2) is 47.4 Å². The maximum Gasteiger partial charge on any atom is 0.433 e. The molecule has 0 radical (unpaired) electrons. The van der Waals surface area contributed by atoms with Crippen molar-refractivity contribution in [3.63, 3.8) is 0 Å². The molecule has 0 bridgehead atoms. The lowest BCUT2D eigenvalue weighted by molar-refractivity contribution is -0.140. The summed E-state index contributed by atoms with van der Waals surface area (Å²) in [6.45, 7) is 1.73. The maximum atomic E-state index is 13.6. The van der Waals surface area contributed by atoms with Gasteiger partial charge in [0, 0.05) is 17.4 Å². The lowest BCUT2D eigenvalue weighted by Gasteiger charge is -2.12. The van der Waals surface area contributed by atoms with Crippen LogP contribution in [0.3, 0.4) is 0 Å². The van der Waals surface area contributed by atoms with E-state index in [1.165, 1.54) is 37.4 Å². The number of hydrogen-bond donors (Lipinski definition) is 1. The molecule has 28 heavy (non-hydrogen) atoms. The Morgan fingerprint density at radius 3 is 2.14 bits per heavy atom. The number of H-pyrrole nitrogens is 1. The van der Waals surface area contributed by atoms with Crippen LogP contribution < -0.4 is 4.74 Å². The van der Waals surface area contributed by atoms with E-state index in [2.05, 4.69) is 10.2 Å². The van der Waals surface area contributed by atoms with Crippen LogP contribution in [0.2, 0.25) is 0 Å². The van der Waals surface area contributed by atoms with Crippen LogP contribution in [-0.2, 0) is 16.0 Å². The Kier molecular flexibility index (Phi) is 4.97. The Morgan fingerprint density at radius 2 is 1.64 bits per heavy atom. The number of methoxy groups -OCH3 is 1. The van der Waals surface area contributed by atoms with Gasteiger partial charge in [0.05, 0.1) is 12.0 Å². The highest BCUT2D eigenvalue weighted by Crippen LogP contribution is 2.42. The predicted molar refractivity (Wildman–Crippen MR) is 98.9 cm³/mol. The van der Waals surface area contributed by atoms with Gasteiger partial charge in [0.25, 0.3) is 0 Å². The molecule has 0 aliphatic heterocycles. The SMILES string of the molecule is COc1ccc(-c2c(-c3ccc(S(C)(=O)=O)cc3)n[nH]c2C(F)(F)F)cc1C. The second-order valence-electron chi connectivity index (χ2n) is 6.30. The Balaban J connectivity index is 2.21. The molecule has 1 heterocycles. The molecule has 0 atom stereocenters. The van der Waals surface area contributed by atoms with Crippen LogP contribution in [0.5, 0.6) is 5.75 Å². The lowest BCUT2D eigenvalue weighted by Crippen LogP contribution is -2.07. The molecule has 148 valence electrons. The Hall–Kier alpha value is -2.81. The zero-order chi connectivity index (χ0) is 20.7. The number of sulfone groups is 1.